The first kappa shape index (κ1) is 21.3. The number of hydrazone groups is 1. The van der Waals surface area contributed by atoms with E-state index in [0.29, 0.717) is 5.69 Å². The molecule has 166 valence electrons. The van der Waals surface area contributed by atoms with Crippen molar-refractivity contribution in [3.63, 3.8) is 0 Å². The molecule has 5 nitrogen and oxygen atoms in total. The highest BCUT2D eigenvalue weighted by Gasteiger charge is 2.17. The van der Waals surface area contributed by atoms with Gasteiger partial charge in [0.15, 0.2) is 5.69 Å². The molecule has 0 unspecified atom stereocenters. The molecular formula is C29H24N4O. The van der Waals surface area contributed by atoms with Crippen LogP contribution in [0.5, 0.6) is 0 Å². The van der Waals surface area contributed by atoms with Crippen molar-refractivity contribution in [3.05, 3.63) is 119 Å². The third-order valence-electron chi connectivity index (χ3n) is 5.72. The largest absolute Gasteiger partial charge is 0.291 e. The number of carbonyl (C=O) groups is 1. The van der Waals surface area contributed by atoms with Gasteiger partial charge in [0.1, 0.15) is 0 Å². The van der Waals surface area contributed by atoms with Crippen molar-refractivity contribution in [3.8, 4) is 16.9 Å². The predicted molar refractivity (Wildman–Crippen MR) is 137 cm³/mol. The Hall–Kier alpha value is -4.51. The Bertz CT molecular complexity index is 1500. The molecule has 0 atom stereocenters. The minimum Gasteiger partial charge on any atom is -0.265 e. The summed E-state index contributed by atoms with van der Waals surface area (Å²) in [5, 5.41) is 11.0. The van der Waals surface area contributed by atoms with E-state index >= 15 is 0 Å². The molecule has 0 fully saturated rings. The fraction of sp³-hybridized carbons (Fsp3) is 0.0690. The Labute approximate surface area is 198 Å². The molecule has 0 spiro atoms. The van der Waals surface area contributed by atoms with E-state index in [1.54, 1.807) is 12.3 Å². The summed E-state index contributed by atoms with van der Waals surface area (Å²) < 4.78 is 1.81. The molecule has 5 rings (SSSR count). The first-order chi connectivity index (χ1) is 16.6. The number of rotatable bonds is 5. The number of nitrogens with zero attached hydrogens (tertiary/aromatic N) is 3. The molecule has 0 aliphatic rings. The van der Waals surface area contributed by atoms with E-state index in [1.807, 2.05) is 79.2 Å². The Balaban J connectivity index is 1.49. The lowest BCUT2D eigenvalue weighted by Crippen LogP contribution is -2.18. The maximum atomic E-state index is 12.9. The van der Waals surface area contributed by atoms with Crippen molar-refractivity contribution in [2.24, 2.45) is 5.10 Å². The maximum absolute atomic E-state index is 12.9. The maximum Gasteiger partial charge on any atom is 0.291 e. The second kappa shape index (κ2) is 9.16. The first-order valence-corrected chi connectivity index (χ1v) is 11.1. The lowest BCUT2D eigenvalue weighted by molar-refractivity contribution is 0.0949. The summed E-state index contributed by atoms with van der Waals surface area (Å²) in [6.45, 7) is 4.07. The van der Waals surface area contributed by atoms with Crippen molar-refractivity contribution in [1.82, 2.24) is 15.2 Å². The summed E-state index contributed by atoms with van der Waals surface area (Å²) in [4.78, 5) is 12.9. The lowest BCUT2D eigenvalue weighted by Gasteiger charge is -2.09. The average molecular weight is 445 g/mol. The van der Waals surface area contributed by atoms with E-state index in [2.05, 4.69) is 46.0 Å². The van der Waals surface area contributed by atoms with Gasteiger partial charge in [-0.2, -0.15) is 10.2 Å². The third kappa shape index (κ3) is 4.50. The number of benzene rings is 4. The number of fused-ring (bicyclic) bond motifs is 1. The normalized spacial score (nSPS) is 11.2. The van der Waals surface area contributed by atoms with Gasteiger partial charge in [0, 0.05) is 5.56 Å². The van der Waals surface area contributed by atoms with Gasteiger partial charge in [-0.15, -0.1) is 0 Å². The monoisotopic (exact) mass is 444 g/mol. The van der Waals surface area contributed by atoms with Gasteiger partial charge in [-0.3, -0.25) is 4.79 Å². The summed E-state index contributed by atoms with van der Waals surface area (Å²) in [6.07, 6.45) is 1.62. The van der Waals surface area contributed by atoms with Crippen LogP contribution in [0.15, 0.2) is 102 Å². The van der Waals surface area contributed by atoms with Crippen molar-refractivity contribution >= 4 is 22.9 Å². The minimum absolute atomic E-state index is 0.296. The summed E-state index contributed by atoms with van der Waals surface area (Å²) in [5.74, 6) is -0.365. The summed E-state index contributed by atoms with van der Waals surface area (Å²) >= 11 is 0. The summed E-state index contributed by atoms with van der Waals surface area (Å²) in [5.41, 5.74) is 8.84. The van der Waals surface area contributed by atoms with Gasteiger partial charge in [-0.05, 0) is 54.4 Å². The van der Waals surface area contributed by atoms with E-state index in [9.17, 15) is 4.79 Å². The second-order valence-electron chi connectivity index (χ2n) is 8.33. The predicted octanol–water partition coefficient (Wildman–Crippen LogP) is 6.07. The number of hydrogen-bond donors (Lipinski definition) is 1. The van der Waals surface area contributed by atoms with Crippen LogP contribution in [0.1, 0.15) is 27.2 Å². The fourth-order valence-electron chi connectivity index (χ4n) is 3.80. The molecule has 1 amide bonds. The van der Waals surface area contributed by atoms with Crippen molar-refractivity contribution < 1.29 is 4.79 Å². The second-order valence-corrected chi connectivity index (χ2v) is 8.33. The molecular weight excluding hydrogens is 420 g/mol. The highest BCUT2D eigenvalue weighted by atomic mass is 16.2. The molecule has 0 aliphatic heterocycles. The SMILES string of the molecule is Cc1ccc(/C=N\NC(=O)c2cc(-c3ccc4ccccc4c3)n(-c3ccc(C)cc3)n2)cc1. The molecule has 1 heterocycles. The molecule has 1 aromatic heterocycles. The number of nitrogens with one attached hydrogen (secondary N) is 1. The zero-order valence-electron chi connectivity index (χ0n) is 19.1. The van der Waals surface area contributed by atoms with Crippen molar-refractivity contribution in [2.45, 2.75) is 13.8 Å². The number of hydrogen-bond acceptors (Lipinski definition) is 3. The van der Waals surface area contributed by atoms with Gasteiger partial charge in [0.05, 0.1) is 17.6 Å². The molecule has 0 aliphatic carbocycles. The van der Waals surface area contributed by atoms with Crippen LogP contribution in [0.4, 0.5) is 0 Å². The highest BCUT2D eigenvalue weighted by Crippen LogP contribution is 2.27. The minimum atomic E-state index is -0.365. The molecule has 5 heteroatoms. The molecule has 0 saturated heterocycles. The van der Waals surface area contributed by atoms with Crippen LogP contribution in [0.3, 0.4) is 0 Å². The van der Waals surface area contributed by atoms with Crippen molar-refractivity contribution in [1.29, 1.82) is 0 Å². The average Bonchev–Trinajstić information content (AvgIpc) is 3.31. The van der Waals surface area contributed by atoms with E-state index in [-0.39, 0.29) is 5.91 Å². The topological polar surface area (TPSA) is 59.3 Å². The van der Waals surface area contributed by atoms with Crippen LogP contribution in [-0.4, -0.2) is 21.9 Å². The number of aryl methyl sites for hydroxylation is 2. The number of aromatic nitrogens is 2. The van der Waals surface area contributed by atoms with Crippen LogP contribution in [0.2, 0.25) is 0 Å². The van der Waals surface area contributed by atoms with Gasteiger partial charge in [-0.1, -0.05) is 83.9 Å². The van der Waals surface area contributed by atoms with Gasteiger partial charge >= 0.3 is 0 Å². The van der Waals surface area contributed by atoms with Gasteiger partial charge < -0.3 is 0 Å². The third-order valence-corrected chi connectivity index (χ3v) is 5.72. The van der Waals surface area contributed by atoms with Gasteiger partial charge in [-0.25, -0.2) is 10.1 Å². The zero-order valence-corrected chi connectivity index (χ0v) is 19.1. The van der Waals surface area contributed by atoms with Crippen LogP contribution in [0, 0.1) is 13.8 Å². The molecule has 5 aromatic rings. The zero-order chi connectivity index (χ0) is 23.5. The Morgan fingerprint density at radius 3 is 2.24 bits per heavy atom. The molecule has 0 radical (unpaired) electrons. The molecule has 0 bridgehead atoms. The lowest BCUT2D eigenvalue weighted by atomic mass is 10.0. The van der Waals surface area contributed by atoms with Crippen LogP contribution < -0.4 is 5.43 Å². The Morgan fingerprint density at radius 1 is 0.824 bits per heavy atom. The first-order valence-electron chi connectivity index (χ1n) is 11.1. The van der Waals surface area contributed by atoms with E-state index < -0.39 is 0 Å². The van der Waals surface area contributed by atoms with Crippen molar-refractivity contribution in [2.75, 3.05) is 0 Å². The quantitative estimate of drug-likeness (QED) is 0.264. The number of amides is 1. The number of carbonyl (C=O) groups excluding carboxylic acids is 1. The Morgan fingerprint density at radius 2 is 1.50 bits per heavy atom. The van der Waals surface area contributed by atoms with E-state index in [1.165, 1.54) is 5.56 Å². The smallest absolute Gasteiger partial charge is 0.265 e. The Kier molecular flexibility index (Phi) is 5.75. The fourth-order valence-corrected chi connectivity index (χ4v) is 3.80. The van der Waals surface area contributed by atoms with Crippen LogP contribution >= 0.6 is 0 Å². The van der Waals surface area contributed by atoms with Crippen LogP contribution in [0.25, 0.3) is 27.7 Å². The molecule has 4 aromatic carbocycles. The van der Waals surface area contributed by atoms with E-state index in [4.69, 9.17) is 0 Å². The summed E-state index contributed by atoms with van der Waals surface area (Å²) in [6, 6.07) is 32.3. The molecule has 0 saturated carbocycles. The molecule has 34 heavy (non-hydrogen) atoms. The standard InChI is InChI=1S/C29H24N4O/c1-20-7-11-22(12-8-20)19-30-31-29(34)27-18-28(33(32-27)26-15-9-21(2)10-16-26)25-14-13-23-5-3-4-6-24(23)17-25/h3-19H,1-2H3,(H,31,34)/b30-19-. The molecule has 1 N–H and O–H groups in total. The van der Waals surface area contributed by atoms with Gasteiger partial charge in [0.25, 0.3) is 5.91 Å². The summed E-state index contributed by atoms with van der Waals surface area (Å²) in [7, 11) is 0. The highest BCUT2D eigenvalue weighted by molar-refractivity contribution is 5.95. The van der Waals surface area contributed by atoms with Gasteiger partial charge in [0.2, 0.25) is 0 Å². The van der Waals surface area contributed by atoms with E-state index in [0.717, 1.165) is 38.8 Å². The van der Waals surface area contributed by atoms with Crippen LogP contribution in [-0.2, 0) is 0 Å².